The third kappa shape index (κ3) is 14.3. The molecule has 0 aliphatic rings. The maximum Gasteiger partial charge on any atom is 0.149 e. The van der Waals surface area contributed by atoms with E-state index in [4.69, 9.17) is 11.5 Å². The lowest BCUT2D eigenvalue weighted by Crippen LogP contribution is -2.31. The van der Waals surface area contributed by atoms with Crippen molar-refractivity contribution in [2.75, 3.05) is 6.54 Å². The van der Waals surface area contributed by atoms with Crippen LogP contribution in [-0.4, -0.2) is 18.4 Å². The molecule has 0 fully saturated rings. The topological polar surface area (TPSA) is 69.1 Å². The van der Waals surface area contributed by atoms with Crippen LogP contribution in [0.25, 0.3) is 0 Å². The fraction of sp³-hybridized carbons (Fsp3) is 0.944. The van der Waals surface area contributed by atoms with Crippen LogP contribution in [0.2, 0.25) is 0 Å². The molecule has 0 unspecified atom stereocenters. The molecule has 0 rings (SSSR count). The average Bonchev–Trinajstić information content (AvgIpc) is 2.43. The zero-order valence-corrected chi connectivity index (χ0v) is 14.4. The number of nitrogens with two attached hydrogens (primary N) is 2. The van der Waals surface area contributed by atoms with Crippen molar-refractivity contribution in [3.8, 4) is 0 Å². The molecule has 0 bridgehead atoms. The van der Waals surface area contributed by atoms with E-state index >= 15 is 0 Å². The second kappa shape index (κ2) is 14.5. The Morgan fingerprint density at radius 3 is 1.67 bits per heavy atom. The molecule has 0 aromatic rings. The minimum Gasteiger partial charge on any atom is -0.330 e. The molecule has 3 nitrogen and oxygen atoms in total. The molecular weight excluding hydrogens is 260 g/mol. The molecule has 0 radical (unpaired) electrons. The van der Waals surface area contributed by atoms with Crippen molar-refractivity contribution < 1.29 is 4.79 Å². The van der Waals surface area contributed by atoms with Crippen LogP contribution in [0, 0.1) is 5.92 Å². The summed E-state index contributed by atoms with van der Waals surface area (Å²) < 4.78 is 0. The Bertz CT molecular complexity index is 241. The molecule has 0 saturated carbocycles. The van der Waals surface area contributed by atoms with Gasteiger partial charge in [0.25, 0.3) is 0 Å². The number of carbonyl (C=O) groups excluding carboxylic acids is 1. The standard InChI is InChI=1S/C18H38N2O/c1-16(2)15-17(20)18(21)13-11-9-7-5-3-4-6-8-10-12-14-19/h16-17H,3-15,19-20H2,1-2H3/t17-/m0/s1. The maximum atomic E-state index is 11.8. The summed E-state index contributed by atoms with van der Waals surface area (Å²) in [6.45, 7) is 5.06. The van der Waals surface area contributed by atoms with Gasteiger partial charge in [-0.2, -0.15) is 0 Å². The minimum absolute atomic E-state index is 0.237. The Labute approximate surface area is 132 Å². The van der Waals surface area contributed by atoms with Gasteiger partial charge in [0.15, 0.2) is 0 Å². The van der Waals surface area contributed by atoms with Gasteiger partial charge >= 0.3 is 0 Å². The van der Waals surface area contributed by atoms with Gasteiger partial charge < -0.3 is 11.5 Å². The highest BCUT2D eigenvalue weighted by molar-refractivity contribution is 5.83. The van der Waals surface area contributed by atoms with Crippen molar-refractivity contribution >= 4 is 5.78 Å². The zero-order valence-electron chi connectivity index (χ0n) is 14.4. The molecule has 0 aliphatic carbocycles. The summed E-state index contributed by atoms with van der Waals surface area (Å²) in [5.74, 6) is 0.761. The highest BCUT2D eigenvalue weighted by atomic mass is 16.1. The van der Waals surface area contributed by atoms with Gasteiger partial charge in [-0.1, -0.05) is 65.2 Å². The van der Waals surface area contributed by atoms with Gasteiger partial charge in [-0.3, -0.25) is 4.79 Å². The first-order chi connectivity index (χ1) is 10.1. The number of rotatable bonds is 15. The van der Waals surface area contributed by atoms with E-state index in [0.717, 1.165) is 19.4 Å². The van der Waals surface area contributed by atoms with Crippen molar-refractivity contribution in [3.63, 3.8) is 0 Å². The fourth-order valence-corrected chi connectivity index (χ4v) is 2.68. The fourth-order valence-electron chi connectivity index (χ4n) is 2.68. The molecule has 1 atom stereocenters. The van der Waals surface area contributed by atoms with Gasteiger partial charge in [0.1, 0.15) is 5.78 Å². The zero-order chi connectivity index (χ0) is 15.9. The van der Waals surface area contributed by atoms with Gasteiger partial charge in [0.05, 0.1) is 6.04 Å². The second-order valence-electron chi connectivity index (χ2n) is 6.78. The summed E-state index contributed by atoms with van der Waals surface area (Å²) >= 11 is 0. The summed E-state index contributed by atoms with van der Waals surface area (Å²) in [7, 11) is 0. The molecule has 0 aromatic heterocycles. The van der Waals surface area contributed by atoms with Crippen LogP contribution in [0.4, 0.5) is 0 Å². The van der Waals surface area contributed by atoms with Gasteiger partial charge in [-0.05, 0) is 31.7 Å². The Balaban J connectivity index is 3.26. The molecular formula is C18H38N2O. The molecule has 0 saturated heterocycles. The minimum atomic E-state index is -0.237. The monoisotopic (exact) mass is 298 g/mol. The van der Waals surface area contributed by atoms with Crippen molar-refractivity contribution in [2.24, 2.45) is 17.4 Å². The van der Waals surface area contributed by atoms with Gasteiger partial charge in [0.2, 0.25) is 0 Å². The van der Waals surface area contributed by atoms with Crippen LogP contribution < -0.4 is 11.5 Å². The Morgan fingerprint density at radius 2 is 1.24 bits per heavy atom. The third-order valence-electron chi connectivity index (χ3n) is 4.02. The first-order valence-electron chi connectivity index (χ1n) is 9.06. The molecule has 0 heterocycles. The lowest BCUT2D eigenvalue weighted by Gasteiger charge is -2.12. The lowest BCUT2D eigenvalue weighted by atomic mass is 9.97. The largest absolute Gasteiger partial charge is 0.330 e. The molecule has 21 heavy (non-hydrogen) atoms. The number of ketones is 1. The highest BCUT2D eigenvalue weighted by Gasteiger charge is 2.13. The molecule has 0 spiro atoms. The van der Waals surface area contributed by atoms with E-state index in [0.29, 0.717) is 12.3 Å². The van der Waals surface area contributed by atoms with Crippen molar-refractivity contribution in [3.05, 3.63) is 0 Å². The lowest BCUT2D eigenvalue weighted by molar-refractivity contribution is -0.120. The quantitative estimate of drug-likeness (QED) is 0.446. The summed E-state index contributed by atoms with van der Waals surface area (Å²) in [5.41, 5.74) is 11.4. The predicted octanol–water partition coefficient (Wildman–Crippen LogP) is 4.18. The summed E-state index contributed by atoms with van der Waals surface area (Å²) in [6.07, 6.45) is 14.1. The Hall–Kier alpha value is -0.410. The van der Waals surface area contributed by atoms with Gasteiger partial charge in [0, 0.05) is 6.42 Å². The molecule has 0 amide bonds. The maximum absolute atomic E-state index is 11.8. The van der Waals surface area contributed by atoms with E-state index in [1.165, 1.54) is 57.8 Å². The van der Waals surface area contributed by atoms with Crippen LogP contribution in [0.5, 0.6) is 0 Å². The molecule has 0 aliphatic heterocycles. The number of carbonyl (C=O) groups is 1. The van der Waals surface area contributed by atoms with Crippen molar-refractivity contribution in [2.45, 2.75) is 96.9 Å². The second-order valence-corrected chi connectivity index (χ2v) is 6.78. The van der Waals surface area contributed by atoms with Gasteiger partial charge in [-0.25, -0.2) is 0 Å². The molecule has 3 heteroatoms. The highest BCUT2D eigenvalue weighted by Crippen LogP contribution is 2.12. The van der Waals surface area contributed by atoms with E-state index in [1.807, 2.05) is 0 Å². The third-order valence-corrected chi connectivity index (χ3v) is 4.02. The van der Waals surface area contributed by atoms with Crippen molar-refractivity contribution in [1.82, 2.24) is 0 Å². The van der Waals surface area contributed by atoms with Crippen LogP contribution >= 0.6 is 0 Å². The Kier molecular flexibility index (Phi) is 14.2. The normalized spacial score (nSPS) is 12.8. The van der Waals surface area contributed by atoms with Crippen LogP contribution in [-0.2, 0) is 4.79 Å². The summed E-state index contributed by atoms with van der Waals surface area (Å²) in [5, 5.41) is 0. The molecule has 0 aromatic carbocycles. The Morgan fingerprint density at radius 1 is 0.810 bits per heavy atom. The number of Topliss-reactive ketones (excluding diaryl/α,β-unsaturated/α-hetero) is 1. The number of unbranched alkanes of at least 4 members (excludes halogenated alkanes) is 9. The van der Waals surface area contributed by atoms with Crippen LogP contribution in [0.1, 0.15) is 90.9 Å². The van der Waals surface area contributed by atoms with Crippen LogP contribution in [0.15, 0.2) is 0 Å². The van der Waals surface area contributed by atoms with E-state index in [9.17, 15) is 4.79 Å². The first-order valence-corrected chi connectivity index (χ1v) is 9.06. The van der Waals surface area contributed by atoms with Gasteiger partial charge in [-0.15, -0.1) is 0 Å². The smallest absolute Gasteiger partial charge is 0.149 e. The summed E-state index contributed by atoms with van der Waals surface area (Å²) in [4.78, 5) is 11.8. The first kappa shape index (κ1) is 20.6. The van der Waals surface area contributed by atoms with E-state index in [2.05, 4.69) is 13.8 Å². The van der Waals surface area contributed by atoms with E-state index < -0.39 is 0 Å². The van der Waals surface area contributed by atoms with Crippen LogP contribution in [0.3, 0.4) is 0 Å². The number of hydrogen-bond donors (Lipinski definition) is 2. The molecule has 4 N–H and O–H groups in total. The SMILES string of the molecule is CC(C)C[C@H](N)C(=O)CCCCCCCCCCCCN. The van der Waals surface area contributed by atoms with E-state index in [-0.39, 0.29) is 11.8 Å². The molecule has 126 valence electrons. The average molecular weight is 299 g/mol. The summed E-state index contributed by atoms with van der Waals surface area (Å²) in [6, 6.07) is -0.237. The van der Waals surface area contributed by atoms with Crippen molar-refractivity contribution in [1.29, 1.82) is 0 Å². The van der Waals surface area contributed by atoms with E-state index in [1.54, 1.807) is 0 Å². The predicted molar refractivity (Wildman–Crippen MR) is 92.3 cm³/mol. The number of hydrogen-bond acceptors (Lipinski definition) is 3.